The molecule has 1 N–H and O–H groups in total. The van der Waals surface area contributed by atoms with Crippen molar-refractivity contribution in [2.45, 2.75) is 44.7 Å². The number of aromatic amines is 1. The molecular weight excluding hydrogens is 345 g/mol. The molecule has 0 amide bonds. The molecule has 0 atom stereocenters. The fourth-order valence-corrected chi connectivity index (χ4v) is 3.48. The van der Waals surface area contributed by atoms with Gasteiger partial charge in [0.05, 0.1) is 17.2 Å². The van der Waals surface area contributed by atoms with Gasteiger partial charge in [-0.3, -0.25) is 4.79 Å². The second kappa shape index (κ2) is 6.90. The van der Waals surface area contributed by atoms with Gasteiger partial charge in [-0.1, -0.05) is 0 Å². The smallest absolute Gasteiger partial charge is 0.310 e. The summed E-state index contributed by atoms with van der Waals surface area (Å²) in [5.41, 5.74) is 1.21. The van der Waals surface area contributed by atoms with Crippen LogP contribution >= 0.6 is 0 Å². The van der Waals surface area contributed by atoms with Gasteiger partial charge in [0.25, 0.3) is 5.56 Å². The lowest BCUT2D eigenvalue weighted by Gasteiger charge is -2.30. The first-order valence-electron chi connectivity index (χ1n) is 8.33. The predicted octanol–water partition coefficient (Wildman–Crippen LogP) is 3.85. The number of aryl methyl sites for hydroxylation is 1. The number of nitrogens with zero attached hydrogens (tertiary/aromatic N) is 3. The lowest BCUT2D eigenvalue weighted by molar-refractivity contribution is -0.182. The highest BCUT2D eigenvalue weighted by Crippen LogP contribution is 2.43. The van der Waals surface area contributed by atoms with Crippen LogP contribution in [0.3, 0.4) is 0 Å². The van der Waals surface area contributed by atoms with E-state index in [1.165, 1.54) is 12.3 Å². The maximum absolute atomic E-state index is 12.9. The first-order chi connectivity index (χ1) is 12.3. The molecule has 2 heterocycles. The normalized spacial score (nSPS) is 20.6. The van der Waals surface area contributed by atoms with Crippen molar-refractivity contribution < 1.29 is 13.2 Å². The molecule has 2 aromatic rings. The van der Waals surface area contributed by atoms with Gasteiger partial charge in [0.1, 0.15) is 17.6 Å². The Kier molecular flexibility index (Phi) is 4.81. The van der Waals surface area contributed by atoms with E-state index in [0.717, 1.165) is 0 Å². The van der Waals surface area contributed by atoms with Crippen molar-refractivity contribution in [1.82, 2.24) is 15.0 Å². The van der Waals surface area contributed by atoms with Crippen molar-refractivity contribution in [3.63, 3.8) is 0 Å². The summed E-state index contributed by atoms with van der Waals surface area (Å²) in [5.74, 6) is -1.07. The highest BCUT2D eigenvalue weighted by atomic mass is 19.4. The predicted molar refractivity (Wildman–Crippen MR) is 88.3 cm³/mol. The van der Waals surface area contributed by atoms with E-state index in [0.29, 0.717) is 35.5 Å². The lowest BCUT2D eigenvalue weighted by Crippen LogP contribution is -2.28. The van der Waals surface area contributed by atoms with Crippen LogP contribution in [0.4, 0.5) is 13.2 Å². The summed E-state index contributed by atoms with van der Waals surface area (Å²) in [7, 11) is 0. The van der Waals surface area contributed by atoms with Gasteiger partial charge in [-0.2, -0.15) is 18.4 Å². The molecule has 0 radical (unpaired) electrons. The van der Waals surface area contributed by atoms with E-state index in [1.54, 1.807) is 13.0 Å². The molecule has 0 unspecified atom stereocenters. The Hall–Kier alpha value is -2.69. The summed E-state index contributed by atoms with van der Waals surface area (Å²) in [5, 5.41) is 8.85. The summed E-state index contributed by atoms with van der Waals surface area (Å²) in [4.78, 5) is 23.6. The number of nitriles is 1. The van der Waals surface area contributed by atoms with Gasteiger partial charge in [-0.15, -0.1) is 0 Å². The van der Waals surface area contributed by atoms with E-state index < -0.39 is 12.1 Å². The molecule has 1 saturated carbocycles. The molecule has 136 valence electrons. The van der Waals surface area contributed by atoms with Crippen LogP contribution in [0.25, 0.3) is 11.1 Å². The van der Waals surface area contributed by atoms with E-state index in [9.17, 15) is 18.0 Å². The molecule has 5 nitrogen and oxygen atoms in total. The Bertz CT molecular complexity index is 889. The largest absolute Gasteiger partial charge is 0.391 e. The van der Waals surface area contributed by atoms with Crippen LogP contribution < -0.4 is 5.56 Å². The molecule has 2 aromatic heterocycles. The first kappa shape index (κ1) is 18.1. The van der Waals surface area contributed by atoms with Crippen molar-refractivity contribution in [2.24, 2.45) is 5.92 Å². The van der Waals surface area contributed by atoms with E-state index in [-0.39, 0.29) is 30.0 Å². The van der Waals surface area contributed by atoms with Crippen LogP contribution in [0.5, 0.6) is 0 Å². The molecule has 0 aromatic carbocycles. The fourth-order valence-electron chi connectivity index (χ4n) is 3.48. The topological polar surface area (TPSA) is 82.4 Å². The van der Waals surface area contributed by atoms with Crippen LogP contribution in [0, 0.1) is 24.2 Å². The van der Waals surface area contributed by atoms with Crippen molar-refractivity contribution in [1.29, 1.82) is 5.26 Å². The Balaban J connectivity index is 1.97. The van der Waals surface area contributed by atoms with E-state index >= 15 is 0 Å². The average molecular weight is 362 g/mol. The van der Waals surface area contributed by atoms with E-state index in [2.05, 4.69) is 15.0 Å². The minimum atomic E-state index is -4.18. The first-order valence-corrected chi connectivity index (χ1v) is 8.33. The number of rotatable bonds is 2. The van der Waals surface area contributed by atoms with Crippen molar-refractivity contribution in [3.05, 3.63) is 45.9 Å². The molecule has 8 heteroatoms. The molecule has 0 aliphatic heterocycles. The van der Waals surface area contributed by atoms with Gasteiger partial charge in [0, 0.05) is 17.7 Å². The van der Waals surface area contributed by atoms with Gasteiger partial charge in [0.15, 0.2) is 0 Å². The van der Waals surface area contributed by atoms with E-state index in [4.69, 9.17) is 5.26 Å². The Morgan fingerprint density at radius 3 is 2.46 bits per heavy atom. The summed E-state index contributed by atoms with van der Waals surface area (Å²) < 4.78 is 38.7. The second-order valence-electron chi connectivity index (χ2n) is 6.55. The molecule has 3 rings (SSSR count). The summed E-state index contributed by atoms with van der Waals surface area (Å²) in [6.07, 6.45) is -2.03. The zero-order valence-electron chi connectivity index (χ0n) is 14.1. The highest BCUT2D eigenvalue weighted by Gasteiger charge is 2.42. The third-order valence-corrected chi connectivity index (χ3v) is 4.81. The van der Waals surface area contributed by atoms with Crippen LogP contribution in [0.15, 0.2) is 23.1 Å². The maximum Gasteiger partial charge on any atom is 0.391 e. The zero-order chi connectivity index (χ0) is 18.9. The zero-order valence-corrected chi connectivity index (χ0v) is 14.1. The van der Waals surface area contributed by atoms with Crippen molar-refractivity contribution >= 4 is 0 Å². The van der Waals surface area contributed by atoms with Crippen LogP contribution in [0.2, 0.25) is 0 Å². The molecule has 26 heavy (non-hydrogen) atoms. The molecule has 0 spiro atoms. The number of nitrogens with one attached hydrogen (secondary N) is 1. The average Bonchev–Trinajstić information content (AvgIpc) is 2.61. The maximum atomic E-state index is 12.9. The Labute approximate surface area is 147 Å². The summed E-state index contributed by atoms with van der Waals surface area (Å²) >= 11 is 0. The van der Waals surface area contributed by atoms with E-state index in [1.807, 2.05) is 6.07 Å². The number of halogens is 3. The van der Waals surface area contributed by atoms with Gasteiger partial charge >= 0.3 is 6.18 Å². The Morgan fingerprint density at radius 1 is 1.23 bits per heavy atom. The number of hydrogen-bond acceptors (Lipinski definition) is 4. The van der Waals surface area contributed by atoms with Crippen molar-refractivity contribution in [3.8, 4) is 17.2 Å². The number of hydrogen-bond donors (Lipinski definition) is 1. The summed E-state index contributed by atoms with van der Waals surface area (Å²) in [6, 6.07) is 5.02. The van der Waals surface area contributed by atoms with Crippen LogP contribution in [0.1, 0.15) is 48.8 Å². The molecule has 1 fully saturated rings. The fraction of sp³-hybridized carbons (Fsp3) is 0.444. The number of pyridine rings is 1. The third-order valence-electron chi connectivity index (χ3n) is 4.81. The highest BCUT2D eigenvalue weighted by molar-refractivity contribution is 5.65. The number of alkyl halides is 3. The van der Waals surface area contributed by atoms with Crippen LogP contribution in [-0.4, -0.2) is 21.1 Å². The summed E-state index contributed by atoms with van der Waals surface area (Å²) in [6.45, 7) is 1.65. The van der Waals surface area contributed by atoms with Gasteiger partial charge < -0.3 is 4.98 Å². The van der Waals surface area contributed by atoms with Gasteiger partial charge in [-0.25, -0.2) is 9.97 Å². The Morgan fingerprint density at radius 2 is 1.92 bits per heavy atom. The van der Waals surface area contributed by atoms with Crippen LogP contribution in [-0.2, 0) is 0 Å². The van der Waals surface area contributed by atoms with Gasteiger partial charge in [-0.05, 0) is 44.7 Å². The molecular formula is C18H17F3N4O. The number of H-pyrrole nitrogens is 1. The lowest BCUT2D eigenvalue weighted by atomic mass is 9.78. The standard InChI is InChI=1S/C18H17F3N4O/c1-10-24-16(11-2-5-13(6-3-11)18(19,20)21)15(17(26)25-10)12-4-7-14(8-22)23-9-12/h4,7,9,11,13H,2-3,5-6H2,1H3,(H,24,25,26)/t11-,13+. The van der Waals surface area contributed by atoms with Gasteiger partial charge in [0.2, 0.25) is 0 Å². The quantitative estimate of drug-likeness (QED) is 0.880. The third kappa shape index (κ3) is 3.62. The minimum Gasteiger partial charge on any atom is -0.310 e. The SMILES string of the molecule is Cc1nc([C@H]2CC[C@@H](C(F)(F)F)CC2)c(-c2ccc(C#N)nc2)c(=O)[nH]1. The second-order valence-corrected chi connectivity index (χ2v) is 6.55. The monoisotopic (exact) mass is 362 g/mol. The molecule has 1 aliphatic carbocycles. The number of aromatic nitrogens is 3. The molecule has 0 bridgehead atoms. The molecule has 0 saturated heterocycles. The van der Waals surface area contributed by atoms with Crippen molar-refractivity contribution in [2.75, 3.05) is 0 Å². The minimum absolute atomic E-state index is 0.0345. The molecule has 1 aliphatic rings.